The Balaban J connectivity index is 1.20. The highest BCUT2D eigenvalue weighted by Crippen LogP contribution is 2.57. The molecule has 1 aromatic heterocycles. The zero-order valence-corrected chi connectivity index (χ0v) is 24.3. The molecule has 2 bridgehead atoms. The predicted molar refractivity (Wildman–Crippen MR) is 148 cm³/mol. The molecule has 1 heterocycles. The monoisotopic (exact) mass is 609 g/mol. The third kappa shape index (κ3) is 5.81. The zero-order valence-electron chi connectivity index (χ0n) is 22.7. The van der Waals surface area contributed by atoms with E-state index in [4.69, 9.17) is 11.6 Å². The van der Waals surface area contributed by atoms with E-state index in [9.17, 15) is 26.4 Å². The van der Waals surface area contributed by atoms with Gasteiger partial charge in [-0.25, -0.2) is 13.2 Å². The molecule has 3 fully saturated rings. The van der Waals surface area contributed by atoms with Crippen molar-refractivity contribution in [2.45, 2.75) is 61.6 Å². The van der Waals surface area contributed by atoms with Crippen molar-refractivity contribution in [2.24, 2.45) is 12.5 Å². The van der Waals surface area contributed by atoms with Crippen LogP contribution in [0, 0.1) is 5.41 Å². The van der Waals surface area contributed by atoms with E-state index in [-0.39, 0.29) is 44.7 Å². The molecule has 41 heavy (non-hydrogen) atoms. The lowest BCUT2D eigenvalue weighted by Gasteiger charge is -2.52. The number of carbonyl (C=O) groups excluding carboxylic acids is 1. The van der Waals surface area contributed by atoms with Crippen LogP contribution >= 0.6 is 11.6 Å². The van der Waals surface area contributed by atoms with Gasteiger partial charge >= 0.3 is 12.2 Å². The Hall–Kier alpha value is -3.12. The summed E-state index contributed by atoms with van der Waals surface area (Å²) < 4.78 is 66.0. The van der Waals surface area contributed by atoms with E-state index in [1.165, 1.54) is 24.3 Å². The molecule has 3 aliphatic rings. The summed E-state index contributed by atoms with van der Waals surface area (Å²) in [6.45, 7) is 0.648. The molecule has 0 spiro atoms. The number of halogens is 4. The van der Waals surface area contributed by atoms with E-state index in [2.05, 4.69) is 20.8 Å². The van der Waals surface area contributed by atoms with Crippen molar-refractivity contribution in [3.05, 3.63) is 64.4 Å². The minimum Gasteiger partial charge on any atom is -0.338 e. The van der Waals surface area contributed by atoms with Gasteiger partial charge < -0.3 is 15.2 Å². The number of urea groups is 1. The van der Waals surface area contributed by atoms with Crippen molar-refractivity contribution in [3.8, 4) is 11.4 Å². The molecule has 220 valence electrons. The molecule has 2 aromatic carbocycles. The van der Waals surface area contributed by atoms with Gasteiger partial charge in [0.25, 0.3) is 0 Å². The van der Waals surface area contributed by atoms with Gasteiger partial charge in [-0.15, -0.1) is 10.2 Å². The Labute approximate surface area is 241 Å². The number of alkyl halides is 3. The first-order chi connectivity index (χ1) is 19.2. The third-order valence-electron chi connectivity index (χ3n) is 8.74. The van der Waals surface area contributed by atoms with Gasteiger partial charge in [-0.05, 0) is 67.7 Å². The van der Waals surface area contributed by atoms with Crippen LogP contribution in [0.25, 0.3) is 11.4 Å². The van der Waals surface area contributed by atoms with Gasteiger partial charge in [-0.3, -0.25) is 0 Å². The molecule has 8 nitrogen and oxygen atoms in total. The zero-order chi connectivity index (χ0) is 29.6. The number of carbonyl (C=O) groups is 1. The fraction of sp³-hybridized carbons (Fsp3) is 0.464. The lowest BCUT2D eigenvalue weighted by Crippen LogP contribution is -2.51. The lowest BCUT2D eigenvalue weighted by atomic mass is 9.53. The van der Waals surface area contributed by atoms with Gasteiger partial charge in [0, 0.05) is 42.4 Å². The Morgan fingerprint density at radius 3 is 2.29 bits per heavy atom. The molecule has 2 N–H and O–H groups in total. The number of fused-ring (bicyclic) bond motifs is 3. The van der Waals surface area contributed by atoms with Crippen molar-refractivity contribution < 1.29 is 26.4 Å². The summed E-state index contributed by atoms with van der Waals surface area (Å²) in [6.07, 6.45) is 1.60. The molecule has 0 atom stereocenters. The van der Waals surface area contributed by atoms with E-state index >= 15 is 0 Å². The second-order valence-electron chi connectivity index (χ2n) is 11.3. The van der Waals surface area contributed by atoms with Crippen LogP contribution in [-0.4, -0.2) is 42.0 Å². The summed E-state index contributed by atoms with van der Waals surface area (Å²) in [6, 6.07) is 9.49. The highest BCUT2D eigenvalue weighted by atomic mass is 35.5. The lowest BCUT2D eigenvalue weighted by molar-refractivity contribution is -0.137. The number of aromatic nitrogens is 3. The van der Waals surface area contributed by atoms with Crippen LogP contribution in [0.2, 0.25) is 5.02 Å². The van der Waals surface area contributed by atoms with Crippen LogP contribution in [-0.2, 0) is 35.0 Å². The second kappa shape index (κ2) is 10.6. The first-order valence-corrected chi connectivity index (χ1v) is 15.6. The van der Waals surface area contributed by atoms with Crippen LogP contribution in [0.5, 0.6) is 0 Å². The maximum absolute atomic E-state index is 13.6. The average Bonchev–Trinajstić information content (AvgIpc) is 3.33. The second-order valence-corrected chi connectivity index (χ2v) is 13.7. The van der Waals surface area contributed by atoms with Crippen LogP contribution in [0.1, 0.15) is 55.5 Å². The number of rotatable bonds is 7. The van der Waals surface area contributed by atoms with Gasteiger partial charge in [0.1, 0.15) is 5.82 Å². The van der Waals surface area contributed by atoms with Crippen molar-refractivity contribution in [2.75, 3.05) is 12.8 Å². The van der Waals surface area contributed by atoms with Gasteiger partial charge in [0.05, 0.1) is 10.5 Å². The summed E-state index contributed by atoms with van der Waals surface area (Å²) in [5, 5.41) is 14.6. The molecular weight excluding hydrogens is 579 g/mol. The van der Waals surface area contributed by atoms with Gasteiger partial charge in [0.15, 0.2) is 15.7 Å². The van der Waals surface area contributed by atoms with Crippen LogP contribution < -0.4 is 10.6 Å². The summed E-state index contributed by atoms with van der Waals surface area (Å²) in [7, 11) is -1.65. The normalized spacial score (nSPS) is 22.5. The number of nitrogens with one attached hydrogen (secondary N) is 2. The van der Waals surface area contributed by atoms with Crippen molar-refractivity contribution in [3.63, 3.8) is 0 Å². The number of sulfone groups is 1. The summed E-state index contributed by atoms with van der Waals surface area (Å²) in [5.41, 5.74) is -0.428. The Kier molecular flexibility index (Phi) is 7.60. The maximum Gasteiger partial charge on any atom is 0.417 e. The fourth-order valence-electron chi connectivity index (χ4n) is 6.22. The quantitative estimate of drug-likeness (QED) is 0.360. The average molecular weight is 610 g/mol. The fourth-order valence-corrected chi connectivity index (χ4v) is 7.18. The van der Waals surface area contributed by atoms with Crippen LogP contribution in [0.3, 0.4) is 0 Å². The van der Waals surface area contributed by atoms with Crippen molar-refractivity contribution >= 4 is 27.5 Å². The molecule has 0 saturated heterocycles. The standard InChI is InChI=1S/C28H31ClF3N5O3S/c1-37-23(20-5-3-4-6-21(20)28(30,31)32)35-36-24(37)27-12-9-26(10-13-27,11-14-27)17-34-25(38)33-16-18-7-8-19(15-22(18)29)41(2,39)40/h3-8,15H,9-14,16-17H2,1-2H3,(H2,33,34,38). The van der Waals surface area contributed by atoms with E-state index in [0.717, 1.165) is 50.8 Å². The highest BCUT2D eigenvalue weighted by Gasteiger charge is 2.51. The summed E-state index contributed by atoms with van der Waals surface area (Å²) in [5.74, 6) is 0.913. The maximum atomic E-state index is 13.6. The molecule has 0 radical (unpaired) electrons. The molecule has 2 amide bonds. The molecule has 6 rings (SSSR count). The Bertz CT molecular complexity index is 1560. The first kappa shape index (κ1) is 29.4. The van der Waals surface area contributed by atoms with E-state index in [1.54, 1.807) is 23.7 Å². The SMILES string of the molecule is Cn1c(-c2ccccc2C(F)(F)F)nnc1C12CCC(CNC(=O)NCc3ccc(S(C)(=O)=O)cc3Cl)(CC1)CC2. The molecule has 3 saturated carbocycles. The summed E-state index contributed by atoms with van der Waals surface area (Å²) >= 11 is 6.21. The first-order valence-electron chi connectivity index (χ1n) is 13.3. The number of hydrogen-bond donors (Lipinski definition) is 2. The topological polar surface area (TPSA) is 106 Å². The number of benzene rings is 2. The molecule has 3 aliphatic carbocycles. The number of amides is 2. The molecule has 0 aliphatic heterocycles. The molecule has 0 unspecified atom stereocenters. The molecular formula is C28H31ClF3N5O3S. The van der Waals surface area contributed by atoms with Crippen LogP contribution in [0.4, 0.5) is 18.0 Å². The molecule has 13 heteroatoms. The summed E-state index contributed by atoms with van der Waals surface area (Å²) in [4.78, 5) is 12.7. The van der Waals surface area contributed by atoms with Crippen molar-refractivity contribution in [1.82, 2.24) is 25.4 Å². The number of nitrogens with zero attached hydrogens (tertiary/aromatic N) is 3. The number of hydrogen-bond acceptors (Lipinski definition) is 5. The van der Waals surface area contributed by atoms with E-state index in [0.29, 0.717) is 17.9 Å². The smallest absolute Gasteiger partial charge is 0.338 e. The van der Waals surface area contributed by atoms with E-state index < -0.39 is 21.6 Å². The minimum atomic E-state index is -4.50. The third-order valence-corrected chi connectivity index (χ3v) is 10.2. The minimum absolute atomic E-state index is 0.0152. The Morgan fingerprint density at radius 2 is 1.68 bits per heavy atom. The highest BCUT2D eigenvalue weighted by molar-refractivity contribution is 7.90. The van der Waals surface area contributed by atoms with Gasteiger partial charge in [-0.1, -0.05) is 35.9 Å². The van der Waals surface area contributed by atoms with E-state index in [1.807, 2.05) is 0 Å². The van der Waals surface area contributed by atoms with Crippen LogP contribution in [0.15, 0.2) is 47.4 Å². The largest absolute Gasteiger partial charge is 0.417 e. The Morgan fingerprint density at radius 1 is 1.02 bits per heavy atom. The predicted octanol–water partition coefficient (Wildman–Crippen LogP) is 5.65. The van der Waals surface area contributed by atoms with Gasteiger partial charge in [-0.2, -0.15) is 13.2 Å². The molecule has 3 aromatic rings. The van der Waals surface area contributed by atoms with Gasteiger partial charge in [0.2, 0.25) is 0 Å². The van der Waals surface area contributed by atoms with Crippen molar-refractivity contribution in [1.29, 1.82) is 0 Å².